The number of nitrogens with zero attached hydrogens (tertiary/aromatic N) is 2. The van der Waals surface area contributed by atoms with Gasteiger partial charge in [-0.2, -0.15) is 0 Å². The van der Waals surface area contributed by atoms with Crippen molar-refractivity contribution in [3.05, 3.63) is 69.1 Å². The summed E-state index contributed by atoms with van der Waals surface area (Å²) in [6.07, 6.45) is 2.56. The van der Waals surface area contributed by atoms with E-state index >= 15 is 0 Å². The summed E-state index contributed by atoms with van der Waals surface area (Å²) in [5, 5.41) is 3.86. The first kappa shape index (κ1) is 16.7. The molecule has 0 radical (unpaired) electrons. The van der Waals surface area contributed by atoms with Gasteiger partial charge in [-0.15, -0.1) is 0 Å². The fraction of sp³-hybridized carbons (Fsp3) is 0.333. The number of halogens is 1. The third kappa shape index (κ3) is 3.52. The van der Waals surface area contributed by atoms with Gasteiger partial charge in [-0.1, -0.05) is 29.8 Å². The van der Waals surface area contributed by atoms with E-state index in [1.807, 2.05) is 25.2 Å². The van der Waals surface area contributed by atoms with Crippen molar-refractivity contribution < 1.29 is 4.79 Å². The molecule has 1 aromatic carbocycles. The Labute approximate surface area is 145 Å². The highest BCUT2D eigenvalue weighted by Gasteiger charge is 2.24. The first-order valence-electron chi connectivity index (χ1n) is 7.98. The zero-order chi connectivity index (χ0) is 17.1. The molecule has 0 spiro atoms. The Morgan fingerprint density at radius 3 is 2.83 bits per heavy atom. The first-order chi connectivity index (χ1) is 11.6. The van der Waals surface area contributed by atoms with Gasteiger partial charge in [0, 0.05) is 36.9 Å². The predicted octanol–water partition coefficient (Wildman–Crippen LogP) is 1.98. The second-order valence-electron chi connectivity index (χ2n) is 6.04. The van der Waals surface area contributed by atoms with Crippen LogP contribution in [0, 0.1) is 0 Å². The second-order valence-corrected chi connectivity index (χ2v) is 6.45. The molecule has 6 heteroatoms. The van der Waals surface area contributed by atoms with Crippen LogP contribution in [0.15, 0.2) is 47.4 Å². The van der Waals surface area contributed by atoms with Crippen LogP contribution in [0.5, 0.6) is 0 Å². The monoisotopic (exact) mass is 345 g/mol. The van der Waals surface area contributed by atoms with Crippen LogP contribution in [0.25, 0.3) is 0 Å². The molecule has 126 valence electrons. The van der Waals surface area contributed by atoms with Gasteiger partial charge in [0.15, 0.2) is 0 Å². The summed E-state index contributed by atoms with van der Waals surface area (Å²) in [7, 11) is 1.81. The number of rotatable bonds is 4. The molecule has 1 amide bonds. The zero-order valence-electron chi connectivity index (χ0n) is 13.5. The maximum Gasteiger partial charge on any atom is 0.255 e. The van der Waals surface area contributed by atoms with Crippen LogP contribution in [0.2, 0.25) is 5.02 Å². The molecule has 1 aliphatic heterocycles. The molecular weight excluding hydrogens is 326 g/mol. The lowest BCUT2D eigenvalue weighted by atomic mass is 10.1. The van der Waals surface area contributed by atoms with E-state index in [1.54, 1.807) is 23.2 Å². The number of carbonyl (C=O) groups excluding carboxylic acids is 1. The van der Waals surface area contributed by atoms with Crippen LogP contribution in [-0.2, 0) is 6.54 Å². The summed E-state index contributed by atoms with van der Waals surface area (Å²) in [6, 6.07) is 10.6. The highest BCUT2D eigenvalue weighted by Crippen LogP contribution is 2.16. The Kier molecular flexibility index (Phi) is 5.02. The smallest absolute Gasteiger partial charge is 0.255 e. The maximum absolute atomic E-state index is 12.7. The Balaban J connectivity index is 1.84. The minimum Gasteiger partial charge on any atom is -0.337 e. The Morgan fingerprint density at radius 2 is 2.12 bits per heavy atom. The molecule has 0 unspecified atom stereocenters. The number of hydrogen-bond donors (Lipinski definition) is 1. The van der Waals surface area contributed by atoms with Gasteiger partial charge < -0.3 is 14.8 Å². The summed E-state index contributed by atoms with van der Waals surface area (Å²) >= 11 is 6.17. The minimum absolute atomic E-state index is 0.0726. The van der Waals surface area contributed by atoms with Gasteiger partial charge in [-0.25, -0.2) is 0 Å². The van der Waals surface area contributed by atoms with Crippen molar-refractivity contribution in [1.82, 2.24) is 14.8 Å². The van der Waals surface area contributed by atoms with Crippen LogP contribution < -0.4 is 10.9 Å². The van der Waals surface area contributed by atoms with Gasteiger partial charge in [0.05, 0.1) is 12.1 Å². The molecular formula is C18H20ClN3O2. The van der Waals surface area contributed by atoms with E-state index in [4.69, 9.17) is 11.6 Å². The van der Waals surface area contributed by atoms with Crippen LogP contribution in [0.1, 0.15) is 22.3 Å². The molecule has 1 saturated heterocycles. The molecule has 1 aromatic heterocycles. The van der Waals surface area contributed by atoms with Crippen LogP contribution in [-0.4, -0.2) is 41.6 Å². The fourth-order valence-corrected chi connectivity index (χ4v) is 3.13. The molecule has 1 atom stereocenters. The number of hydrogen-bond acceptors (Lipinski definition) is 3. The average molecular weight is 346 g/mol. The Hall–Kier alpha value is -2.11. The lowest BCUT2D eigenvalue weighted by molar-refractivity contribution is 0.0743. The number of benzene rings is 1. The molecule has 3 rings (SSSR count). The van der Waals surface area contributed by atoms with Gasteiger partial charge in [-0.05, 0) is 30.7 Å². The molecule has 0 aliphatic carbocycles. The van der Waals surface area contributed by atoms with Crippen LogP contribution >= 0.6 is 11.6 Å². The van der Waals surface area contributed by atoms with Gasteiger partial charge in [0.2, 0.25) is 0 Å². The summed E-state index contributed by atoms with van der Waals surface area (Å²) in [4.78, 5) is 26.5. The van der Waals surface area contributed by atoms with Gasteiger partial charge in [0.25, 0.3) is 11.5 Å². The van der Waals surface area contributed by atoms with E-state index in [0.717, 1.165) is 25.1 Å². The van der Waals surface area contributed by atoms with Crippen molar-refractivity contribution in [2.24, 2.45) is 0 Å². The van der Waals surface area contributed by atoms with Crippen molar-refractivity contribution in [2.75, 3.05) is 20.1 Å². The quantitative estimate of drug-likeness (QED) is 0.922. The molecule has 2 heterocycles. The zero-order valence-corrected chi connectivity index (χ0v) is 14.3. The van der Waals surface area contributed by atoms with E-state index in [0.29, 0.717) is 17.1 Å². The summed E-state index contributed by atoms with van der Waals surface area (Å²) in [5.74, 6) is -0.0726. The van der Waals surface area contributed by atoms with Gasteiger partial charge in [-0.3, -0.25) is 9.59 Å². The summed E-state index contributed by atoms with van der Waals surface area (Å²) in [6.45, 7) is 2.07. The molecule has 1 N–H and O–H groups in total. The highest BCUT2D eigenvalue weighted by molar-refractivity contribution is 6.31. The molecule has 1 aliphatic rings. The first-order valence-corrected chi connectivity index (χ1v) is 8.36. The highest BCUT2D eigenvalue weighted by atomic mass is 35.5. The molecule has 0 bridgehead atoms. The normalized spacial score (nSPS) is 17.0. The second kappa shape index (κ2) is 7.20. The molecule has 5 nitrogen and oxygen atoms in total. The van der Waals surface area contributed by atoms with Gasteiger partial charge >= 0.3 is 0 Å². The van der Waals surface area contributed by atoms with Crippen molar-refractivity contribution >= 4 is 17.5 Å². The number of pyridine rings is 1. The van der Waals surface area contributed by atoms with Crippen molar-refractivity contribution in [2.45, 2.75) is 19.0 Å². The Morgan fingerprint density at radius 1 is 1.33 bits per heavy atom. The third-order valence-corrected chi connectivity index (χ3v) is 4.80. The van der Waals surface area contributed by atoms with Crippen LogP contribution in [0.3, 0.4) is 0 Å². The van der Waals surface area contributed by atoms with Crippen molar-refractivity contribution in [3.8, 4) is 0 Å². The summed E-state index contributed by atoms with van der Waals surface area (Å²) in [5.41, 5.74) is 1.20. The average Bonchev–Trinajstić information content (AvgIpc) is 3.12. The fourth-order valence-electron chi connectivity index (χ4n) is 2.93. The molecule has 0 saturated carbocycles. The predicted molar refractivity (Wildman–Crippen MR) is 94.6 cm³/mol. The number of aromatic nitrogens is 1. The van der Waals surface area contributed by atoms with E-state index < -0.39 is 0 Å². The standard InChI is InChI=1S/C18H20ClN3O2/c1-21(15-8-9-20-10-15)18(24)14-6-7-17(23)22(12-14)11-13-4-2-3-5-16(13)19/h2-7,12,15,20H,8-11H2,1H3/t15-/m1/s1. The lowest BCUT2D eigenvalue weighted by Crippen LogP contribution is -2.38. The SMILES string of the molecule is CN(C(=O)c1ccc(=O)n(Cc2ccccc2Cl)c1)[C@@H]1CCNC1. The molecule has 1 fully saturated rings. The van der Waals surface area contributed by atoms with E-state index in [-0.39, 0.29) is 17.5 Å². The van der Waals surface area contributed by atoms with Gasteiger partial charge in [0.1, 0.15) is 0 Å². The minimum atomic E-state index is -0.156. The van der Waals surface area contributed by atoms with Crippen molar-refractivity contribution in [1.29, 1.82) is 0 Å². The number of likely N-dealkylation sites (N-methyl/N-ethyl adjacent to an activating group) is 1. The van der Waals surface area contributed by atoms with Crippen LogP contribution in [0.4, 0.5) is 0 Å². The van der Waals surface area contributed by atoms with Crippen molar-refractivity contribution in [3.63, 3.8) is 0 Å². The lowest BCUT2D eigenvalue weighted by Gasteiger charge is -2.24. The third-order valence-electron chi connectivity index (χ3n) is 4.43. The van der Waals surface area contributed by atoms with E-state index in [1.165, 1.54) is 10.6 Å². The Bertz CT molecular complexity index is 797. The maximum atomic E-state index is 12.7. The largest absolute Gasteiger partial charge is 0.337 e. The molecule has 2 aromatic rings. The topological polar surface area (TPSA) is 54.3 Å². The van der Waals surface area contributed by atoms with E-state index in [9.17, 15) is 9.59 Å². The number of amides is 1. The summed E-state index contributed by atoms with van der Waals surface area (Å²) < 4.78 is 1.52. The number of carbonyl (C=O) groups is 1. The van der Waals surface area contributed by atoms with E-state index in [2.05, 4.69) is 5.32 Å². The molecule has 24 heavy (non-hydrogen) atoms. The number of nitrogens with one attached hydrogen (secondary N) is 1.